The number of phosphoric ester groups is 1. The summed E-state index contributed by atoms with van der Waals surface area (Å²) >= 11 is 0. The summed E-state index contributed by atoms with van der Waals surface area (Å²) in [6, 6.07) is 16.5. The summed E-state index contributed by atoms with van der Waals surface area (Å²) in [4.78, 5) is 22.5. The number of pyridine rings is 1. The molecule has 0 amide bonds. The molecule has 0 saturated carbocycles. The van der Waals surface area contributed by atoms with Gasteiger partial charge in [0.2, 0.25) is 0 Å². The van der Waals surface area contributed by atoms with Crippen molar-refractivity contribution >= 4 is 19.2 Å². The standard InChI is InChI=1S/C22H25N2O5P/c1-15(2)19-13-18(28-14-17-7-4-5-12-23-17)10-11-21(19)24-20-8-6-9-22(16(20)3)29-30(25,26)27/h4-13,15,24H,14H2,1-3H3,(H2,25,26,27). The van der Waals surface area contributed by atoms with Crippen LogP contribution in [0.2, 0.25) is 0 Å². The number of ether oxygens (including phenoxy) is 1. The van der Waals surface area contributed by atoms with Crippen LogP contribution in [0.1, 0.15) is 36.6 Å². The lowest BCUT2D eigenvalue weighted by Gasteiger charge is -2.19. The molecule has 0 radical (unpaired) electrons. The van der Waals surface area contributed by atoms with Crippen molar-refractivity contribution in [3.05, 3.63) is 77.6 Å². The molecule has 0 aliphatic carbocycles. The Bertz CT molecular complexity index is 1050. The first-order chi connectivity index (χ1) is 14.2. The van der Waals surface area contributed by atoms with Gasteiger partial charge in [0.05, 0.1) is 5.69 Å². The molecule has 1 aromatic heterocycles. The van der Waals surface area contributed by atoms with Gasteiger partial charge < -0.3 is 14.6 Å². The summed E-state index contributed by atoms with van der Waals surface area (Å²) in [6.45, 7) is 6.30. The zero-order valence-corrected chi connectivity index (χ0v) is 18.0. The molecule has 3 aromatic rings. The number of benzene rings is 2. The third-order valence-corrected chi connectivity index (χ3v) is 4.96. The zero-order valence-electron chi connectivity index (χ0n) is 17.1. The Morgan fingerprint density at radius 2 is 1.87 bits per heavy atom. The normalized spacial score (nSPS) is 11.4. The molecular formula is C22H25N2O5P. The Kier molecular flexibility index (Phi) is 6.77. The fraction of sp³-hybridized carbons (Fsp3) is 0.227. The molecule has 0 fully saturated rings. The molecule has 0 unspecified atom stereocenters. The summed E-state index contributed by atoms with van der Waals surface area (Å²) in [5.41, 5.74) is 4.08. The maximum atomic E-state index is 11.2. The van der Waals surface area contributed by atoms with Gasteiger partial charge in [-0.2, -0.15) is 0 Å². The van der Waals surface area contributed by atoms with Gasteiger partial charge in [-0.25, -0.2) is 4.57 Å². The van der Waals surface area contributed by atoms with E-state index in [1.807, 2.05) is 42.5 Å². The van der Waals surface area contributed by atoms with Gasteiger partial charge in [-0.05, 0) is 60.9 Å². The summed E-state index contributed by atoms with van der Waals surface area (Å²) in [5.74, 6) is 1.10. The quantitative estimate of drug-likeness (QED) is 0.418. The minimum Gasteiger partial charge on any atom is -0.487 e. The van der Waals surface area contributed by atoms with Gasteiger partial charge in [0, 0.05) is 23.1 Å². The highest BCUT2D eigenvalue weighted by Gasteiger charge is 2.19. The first-order valence-electron chi connectivity index (χ1n) is 9.51. The highest BCUT2D eigenvalue weighted by atomic mass is 31.2. The molecule has 3 rings (SSSR count). The number of rotatable bonds is 8. The van der Waals surface area contributed by atoms with E-state index < -0.39 is 7.82 Å². The second-order valence-corrected chi connectivity index (χ2v) is 8.31. The van der Waals surface area contributed by atoms with E-state index in [9.17, 15) is 4.57 Å². The van der Waals surface area contributed by atoms with Gasteiger partial charge in [0.15, 0.2) is 0 Å². The van der Waals surface area contributed by atoms with Crippen molar-refractivity contribution in [3.63, 3.8) is 0 Å². The molecule has 1 heterocycles. The van der Waals surface area contributed by atoms with Crippen molar-refractivity contribution in [2.24, 2.45) is 0 Å². The highest BCUT2D eigenvalue weighted by molar-refractivity contribution is 7.46. The van der Waals surface area contributed by atoms with Crippen molar-refractivity contribution in [1.29, 1.82) is 0 Å². The van der Waals surface area contributed by atoms with Crippen LogP contribution >= 0.6 is 7.82 Å². The van der Waals surface area contributed by atoms with E-state index in [0.717, 1.165) is 22.7 Å². The van der Waals surface area contributed by atoms with Gasteiger partial charge in [-0.1, -0.05) is 26.0 Å². The Morgan fingerprint density at radius 3 is 2.53 bits per heavy atom. The smallest absolute Gasteiger partial charge is 0.487 e. The Labute approximate surface area is 176 Å². The van der Waals surface area contributed by atoms with Crippen LogP contribution in [0.4, 0.5) is 11.4 Å². The molecular weight excluding hydrogens is 403 g/mol. The molecule has 0 saturated heterocycles. The summed E-state index contributed by atoms with van der Waals surface area (Å²) in [5, 5.41) is 3.35. The number of hydrogen-bond acceptors (Lipinski definition) is 5. The van der Waals surface area contributed by atoms with Gasteiger partial charge >= 0.3 is 7.82 Å². The van der Waals surface area contributed by atoms with Gasteiger partial charge in [0.25, 0.3) is 0 Å². The fourth-order valence-corrected chi connectivity index (χ4v) is 3.44. The maximum Gasteiger partial charge on any atom is 0.524 e. The van der Waals surface area contributed by atoms with E-state index in [4.69, 9.17) is 19.0 Å². The van der Waals surface area contributed by atoms with E-state index in [2.05, 4.69) is 24.1 Å². The molecule has 30 heavy (non-hydrogen) atoms. The third kappa shape index (κ3) is 5.83. The molecule has 0 bridgehead atoms. The van der Waals surface area contributed by atoms with Crippen LogP contribution in [0, 0.1) is 6.92 Å². The molecule has 0 atom stereocenters. The first-order valence-corrected chi connectivity index (χ1v) is 11.0. The average Bonchev–Trinajstić information content (AvgIpc) is 2.70. The minimum atomic E-state index is -4.63. The molecule has 2 aromatic carbocycles. The Balaban J connectivity index is 1.82. The SMILES string of the molecule is Cc1c(Nc2ccc(OCc3ccccn3)cc2C(C)C)cccc1OP(=O)(O)O. The largest absolute Gasteiger partial charge is 0.524 e. The van der Waals surface area contributed by atoms with Crippen LogP contribution < -0.4 is 14.6 Å². The Hall–Kier alpha value is -2.86. The number of anilines is 2. The van der Waals surface area contributed by atoms with E-state index in [1.54, 1.807) is 19.2 Å². The van der Waals surface area contributed by atoms with Crippen molar-refractivity contribution in [1.82, 2.24) is 4.98 Å². The zero-order chi connectivity index (χ0) is 21.7. The van der Waals surface area contributed by atoms with Crippen LogP contribution in [0.3, 0.4) is 0 Å². The predicted molar refractivity (Wildman–Crippen MR) is 116 cm³/mol. The summed E-state index contributed by atoms with van der Waals surface area (Å²) in [7, 11) is -4.63. The third-order valence-electron chi connectivity index (χ3n) is 4.53. The van der Waals surface area contributed by atoms with Crippen LogP contribution in [-0.4, -0.2) is 14.8 Å². The van der Waals surface area contributed by atoms with E-state index >= 15 is 0 Å². The van der Waals surface area contributed by atoms with E-state index in [0.29, 0.717) is 17.9 Å². The molecule has 0 spiro atoms. The number of hydrogen-bond donors (Lipinski definition) is 3. The monoisotopic (exact) mass is 428 g/mol. The van der Waals surface area contributed by atoms with E-state index in [1.165, 1.54) is 6.07 Å². The molecule has 3 N–H and O–H groups in total. The first kappa shape index (κ1) is 21.8. The minimum absolute atomic E-state index is 0.134. The van der Waals surface area contributed by atoms with Gasteiger partial charge in [-0.15, -0.1) is 0 Å². The summed E-state index contributed by atoms with van der Waals surface area (Å²) < 4.78 is 21.9. The Morgan fingerprint density at radius 1 is 1.07 bits per heavy atom. The number of phosphoric acid groups is 1. The van der Waals surface area contributed by atoms with E-state index in [-0.39, 0.29) is 11.7 Å². The number of nitrogens with one attached hydrogen (secondary N) is 1. The predicted octanol–water partition coefficient (Wildman–Crippen LogP) is 5.31. The summed E-state index contributed by atoms with van der Waals surface area (Å²) in [6.07, 6.45) is 1.73. The molecule has 0 aliphatic heterocycles. The second kappa shape index (κ2) is 9.30. The van der Waals surface area contributed by atoms with Crippen LogP contribution in [0.25, 0.3) is 0 Å². The molecule has 8 heteroatoms. The van der Waals surface area contributed by atoms with Crippen LogP contribution in [0.5, 0.6) is 11.5 Å². The molecule has 158 valence electrons. The lowest BCUT2D eigenvalue weighted by atomic mass is 10.00. The lowest BCUT2D eigenvalue weighted by molar-refractivity contribution is 0.282. The topological polar surface area (TPSA) is 101 Å². The van der Waals surface area contributed by atoms with Gasteiger partial charge in [-0.3, -0.25) is 14.8 Å². The van der Waals surface area contributed by atoms with Gasteiger partial charge in [0.1, 0.15) is 18.1 Å². The van der Waals surface area contributed by atoms with Crippen LogP contribution in [0.15, 0.2) is 60.8 Å². The van der Waals surface area contributed by atoms with Crippen LogP contribution in [-0.2, 0) is 11.2 Å². The van der Waals surface area contributed by atoms with Crippen molar-refractivity contribution < 1.29 is 23.6 Å². The number of aromatic nitrogens is 1. The van der Waals surface area contributed by atoms with Crippen molar-refractivity contribution in [3.8, 4) is 11.5 Å². The van der Waals surface area contributed by atoms with Crippen molar-refractivity contribution in [2.45, 2.75) is 33.3 Å². The highest BCUT2D eigenvalue weighted by Crippen LogP contribution is 2.41. The maximum absolute atomic E-state index is 11.2. The molecule has 7 nitrogen and oxygen atoms in total. The molecule has 0 aliphatic rings. The number of nitrogens with zero attached hydrogens (tertiary/aromatic N) is 1. The lowest BCUT2D eigenvalue weighted by Crippen LogP contribution is -2.03. The second-order valence-electron chi connectivity index (χ2n) is 7.15. The average molecular weight is 428 g/mol. The fourth-order valence-electron chi connectivity index (χ4n) is 2.98. The van der Waals surface area contributed by atoms with Crippen molar-refractivity contribution in [2.75, 3.05) is 5.32 Å².